The largest absolute Gasteiger partial charge is 0.412 e. The second-order valence-electron chi connectivity index (χ2n) is 2.86. The van der Waals surface area contributed by atoms with E-state index in [4.69, 9.17) is 5.73 Å². The number of carbonyl (C=O) groups excluding carboxylic acids is 1. The SMILES string of the molecule is NC(=O)c1cnccn1.O.O=c1cc[nH]c(=O)n1F. The third kappa shape index (κ3) is 4.87. The van der Waals surface area contributed by atoms with E-state index in [1.165, 1.54) is 18.6 Å². The zero-order chi connectivity index (χ0) is 13.5. The molecule has 0 radical (unpaired) electrons. The summed E-state index contributed by atoms with van der Waals surface area (Å²) in [6, 6.07) is 0.918. The molecule has 1 amide bonds. The van der Waals surface area contributed by atoms with Crippen LogP contribution in [0.15, 0.2) is 40.4 Å². The molecule has 2 rings (SSSR count). The van der Waals surface area contributed by atoms with Crippen molar-refractivity contribution in [3.63, 3.8) is 0 Å². The zero-order valence-electron chi connectivity index (χ0n) is 9.41. The zero-order valence-corrected chi connectivity index (χ0v) is 9.41. The normalized spacial score (nSPS) is 8.68. The van der Waals surface area contributed by atoms with Crippen LogP contribution in [0.2, 0.25) is 0 Å². The van der Waals surface area contributed by atoms with Crippen LogP contribution in [0.1, 0.15) is 10.5 Å². The fourth-order valence-electron chi connectivity index (χ4n) is 0.833. The predicted octanol–water partition coefficient (Wildman–Crippen LogP) is -1.98. The summed E-state index contributed by atoms with van der Waals surface area (Å²) in [6.07, 6.45) is 5.30. The quantitative estimate of drug-likeness (QED) is 0.614. The number of nitrogens with one attached hydrogen (secondary N) is 1. The third-order valence-corrected chi connectivity index (χ3v) is 1.62. The molecule has 5 N–H and O–H groups in total. The van der Waals surface area contributed by atoms with Crippen LogP contribution in [0, 0.1) is 0 Å². The van der Waals surface area contributed by atoms with E-state index in [0.717, 1.165) is 12.3 Å². The maximum Gasteiger partial charge on any atom is 0.357 e. The van der Waals surface area contributed by atoms with Gasteiger partial charge in [-0.3, -0.25) is 14.6 Å². The Hall–Kier alpha value is -2.88. The minimum atomic E-state index is -1.05. The first-order chi connectivity index (χ1) is 8.52. The molecule has 0 saturated heterocycles. The number of amides is 1. The molecule has 0 unspecified atom stereocenters. The third-order valence-electron chi connectivity index (χ3n) is 1.62. The van der Waals surface area contributed by atoms with Gasteiger partial charge in [0.1, 0.15) is 5.69 Å². The molecule has 10 heteroatoms. The average Bonchev–Trinajstić information content (AvgIpc) is 2.38. The molecule has 0 bridgehead atoms. The van der Waals surface area contributed by atoms with Gasteiger partial charge in [-0.1, -0.05) is 9.27 Å². The molecule has 0 saturated carbocycles. The highest BCUT2D eigenvalue weighted by atomic mass is 19.2. The van der Waals surface area contributed by atoms with Crippen molar-refractivity contribution in [3.8, 4) is 0 Å². The molecule has 0 aliphatic carbocycles. The van der Waals surface area contributed by atoms with Gasteiger partial charge >= 0.3 is 5.69 Å². The monoisotopic (exact) mass is 271 g/mol. The highest BCUT2D eigenvalue weighted by Crippen LogP contribution is 1.84. The standard InChI is InChI=1S/C5H5N3O.C4H3FN2O2.H2O/c6-5(9)4-3-7-1-2-8-4;5-7-3(8)1-2-6-4(7)9;/h1-3H,(H2,6,9);1-2H,(H,6,9);1H2. The smallest absolute Gasteiger partial charge is 0.357 e. The Morgan fingerprint density at radius 3 is 2.42 bits per heavy atom. The molecule has 0 fully saturated rings. The maximum absolute atomic E-state index is 12.0. The van der Waals surface area contributed by atoms with Gasteiger partial charge in [-0.05, 0) is 0 Å². The fraction of sp³-hybridized carbons (Fsp3) is 0. The lowest BCUT2D eigenvalue weighted by Gasteiger charge is -1.87. The van der Waals surface area contributed by atoms with Crippen molar-refractivity contribution in [1.82, 2.24) is 19.7 Å². The molecule has 2 heterocycles. The number of carbonyl (C=O) groups is 1. The number of nitrogens with zero attached hydrogens (tertiary/aromatic N) is 3. The second-order valence-corrected chi connectivity index (χ2v) is 2.86. The first kappa shape index (κ1) is 16.1. The Kier molecular flexibility index (Phi) is 6.32. The highest BCUT2D eigenvalue weighted by Gasteiger charge is 1.97. The number of hydrogen-bond donors (Lipinski definition) is 2. The minimum Gasteiger partial charge on any atom is -0.412 e. The van der Waals surface area contributed by atoms with Crippen molar-refractivity contribution in [2.75, 3.05) is 0 Å². The van der Waals surface area contributed by atoms with E-state index < -0.39 is 21.9 Å². The molecule has 0 aromatic carbocycles. The van der Waals surface area contributed by atoms with Crippen molar-refractivity contribution < 1.29 is 14.8 Å². The van der Waals surface area contributed by atoms with Crippen LogP contribution in [0.5, 0.6) is 0 Å². The summed E-state index contributed by atoms with van der Waals surface area (Å²) in [5.74, 6) is -0.553. The van der Waals surface area contributed by atoms with Crippen molar-refractivity contribution in [2.24, 2.45) is 5.73 Å². The van der Waals surface area contributed by atoms with Gasteiger partial charge in [0.25, 0.3) is 11.5 Å². The van der Waals surface area contributed by atoms with Gasteiger partial charge in [0.15, 0.2) is 0 Å². The number of H-pyrrole nitrogens is 1. The number of aromatic amines is 1. The van der Waals surface area contributed by atoms with Gasteiger partial charge in [-0.25, -0.2) is 9.78 Å². The van der Waals surface area contributed by atoms with E-state index in [2.05, 4.69) is 9.97 Å². The molecule has 0 atom stereocenters. The van der Waals surface area contributed by atoms with E-state index in [1.54, 1.807) is 0 Å². The molecule has 102 valence electrons. The first-order valence-corrected chi connectivity index (χ1v) is 4.55. The molecular formula is C9H10FN5O4. The van der Waals surface area contributed by atoms with Gasteiger partial charge in [0, 0.05) is 24.7 Å². The van der Waals surface area contributed by atoms with Crippen LogP contribution in [-0.4, -0.2) is 31.1 Å². The van der Waals surface area contributed by atoms with E-state index in [9.17, 15) is 18.9 Å². The first-order valence-electron chi connectivity index (χ1n) is 4.55. The van der Waals surface area contributed by atoms with Gasteiger partial charge in [-0.2, -0.15) is 0 Å². The number of aromatic nitrogens is 4. The van der Waals surface area contributed by atoms with Crippen molar-refractivity contribution in [3.05, 3.63) is 57.4 Å². The molecule has 2 aromatic rings. The van der Waals surface area contributed by atoms with Crippen LogP contribution < -0.4 is 17.0 Å². The topological polar surface area (TPSA) is 155 Å². The predicted molar refractivity (Wildman–Crippen MR) is 62.0 cm³/mol. The lowest BCUT2D eigenvalue weighted by Crippen LogP contribution is -2.28. The molecule has 19 heavy (non-hydrogen) atoms. The van der Waals surface area contributed by atoms with Gasteiger partial charge in [-0.15, -0.1) is 0 Å². The molecule has 0 spiro atoms. The molecule has 0 aliphatic heterocycles. The van der Waals surface area contributed by atoms with Crippen LogP contribution in [-0.2, 0) is 0 Å². The number of rotatable bonds is 1. The molecule has 9 nitrogen and oxygen atoms in total. The summed E-state index contributed by atoms with van der Waals surface area (Å²) in [6.45, 7) is 0. The molecule has 2 aromatic heterocycles. The number of hydrogen-bond acceptors (Lipinski definition) is 5. The van der Waals surface area contributed by atoms with Crippen molar-refractivity contribution in [1.29, 1.82) is 0 Å². The number of nitrogens with two attached hydrogens (primary N) is 1. The van der Waals surface area contributed by atoms with Crippen LogP contribution in [0.4, 0.5) is 4.48 Å². The maximum atomic E-state index is 12.0. The van der Waals surface area contributed by atoms with Crippen LogP contribution in [0.25, 0.3) is 0 Å². The van der Waals surface area contributed by atoms with E-state index in [-0.39, 0.29) is 11.2 Å². The highest BCUT2D eigenvalue weighted by molar-refractivity contribution is 5.90. The summed E-state index contributed by atoms with van der Waals surface area (Å²) in [4.78, 5) is 39.5. The Bertz CT molecular complexity index is 611. The summed E-state index contributed by atoms with van der Waals surface area (Å²) < 4.78 is 12.0. The van der Waals surface area contributed by atoms with Crippen LogP contribution >= 0.6 is 0 Å². The van der Waals surface area contributed by atoms with Gasteiger partial charge in [0.05, 0.1) is 6.20 Å². The van der Waals surface area contributed by atoms with Gasteiger partial charge in [0.2, 0.25) is 0 Å². The molecule has 0 aliphatic rings. The minimum absolute atomic E-state index is 0. The summed E-state index contributed by atoms with van der Waals surface area (Å²) in [7, 11) is 0. The van der Waals surface area contributed by atoms with Crippen molar-refractivity contribution >= 4 is 5.91 Å². The average molecular weight is 271 g/mol. The number of halogens is 1. The van der Waals surface area contributed by atoms with Gasteiger partial charge < -0.3 is 16.2 Å². The lowest BCUT2D eigenvalue weighted by molar-refractivity contribution is 0.0995. The lowest BCUT2D eigenvalue weighted by atomic mass is 10.4. The Labute approximate surface area is 104 Å². The second kappa shape index (κ2) is 7.45. The summed E-state index contributed by atoms with van der Waals surface area (Å²) >= 11 is 0. The number of primary amides is 1. The Balaban J connectivity index is 0.000000324. The molecular weight excluding hydrogens is 261 g/mol. The van der Waals surface area contributed by atoms with E-state index >= 15 is 0 Å². The fourth-order valence-corrected chi connectivity index (χ4v) is 0.833. The van der Waals surface area contributed by atoms with Crippen LogP contribution in [0.3, 0.4) is 0 Å². The summed E-state index contributed by atoms with van der Waals surface area (Å²) in [5.41, 5.74) is 3.05. The van der Waals surface area contributed by atoms with Crippen molar-refractivity contribution in [2.45, 2.75) is 0 Å². The van der Waals surface area contributed by atoms with E-state index in [1.807, 2.05) is 4.98 Å². The Morgan fingerprint density at radius 2 is 2.05 bits per heavy atom. The van der Waals surface area contributed by atoms with E-state index in [0.29, 0.717) is 0 Å². The summed E-state index contributed by atoms with van der Waals surface area (Å²) in [5, 5.41) is 0. The Morgan fingerprint density at radius 1 is 1.37 bits per heavy atom.